The highest BCUT2D eigenvalue weighted by Crippen LogP contribution is 2.29. The Morgan fingerprint density at radius 1 is 1.14 bits per heavy atom. The van der Waals surface area contributed by atoms with Crippen molar-refractivity contribution in [1.82, 2.24) is 0 Å². The molecule has 7 heteroatoms. The first-order valence-corrected chi connectivity index (χ1v) is 9.41. The summed E-state index contributed by atoms with van der Waals surface area (Å²) in [5, 5.41) is 13.8. The van der Waals surface area contributed by atoms with Gasteiger partial charge in [0.05, 0.1) is 10.8 Å². The van der Waals surface area contributed by atoms with E-state index >= 15 is 0 Å². The third-order valence-electron chi connectivity index (χ3n) is 5.12. The molecular formula is C21H23N3O4. The van der Waals surface area contributed by atoms with Crippen LogP contribution in [0.25, 0.3) is 0 Å². The number of aryl methyl sites for hydroxylation is 2. The lowest BCUT2D eigenvalue weighted by atomic mass is 10.0. The molecule has 0 spiro atoms. The summed E-state index contributed by atoms with van der Waals surface area (Å²) in [4.78, 5) is 37.1. The van der Waals surface area contributed by atoms with E-state index in [9.17, 15) is 19.7 Å². The minimum Gasteiger partial charge on any atom is -0.325 e. The second-order valence-electron chi connectivity index (χ2n) is 6.83. The number of nitrogens with one attached hydrogen (secondary N) is 1. The molecule has 28 heavy (non-hydrogen) atoms. The van der Waals surface area contributed by atoms with Gasteiger partial charge in [-0.15, -0.1) is 0 Å². The number of non-ortho nitro benzene ring substituents is 1. The summed E-state index contributed by atoms with van der Waals surface area (Å²) in [6, 6.07) is 11.8. The minimum absolute atomic E-state index is 0.0343. The van der Waals surface area contributed by atoms with Crippen LogP contribution in [-0.4, -0.2) is 23.3 Å². The number of carbonyl (C=O) groups excluding carboxylic acids is 2. The molecule has 2 aromatic rings. The zero-order valence-electron chi connectivity index (χ0n) is 16.0. The van der Waals surface area contributed by atoms with Crippen LogP contribution in [0.15, 0.2) is 42.5 Å². The number of para-hydroxylation sites is 1. The molecule has 1 aliphatic rings. The van der Waals surface area contributed by atoms with Gasteiger partial charge in [0.25, 0.3) is 5.69 Å². The maximum absolute atomic E-state index is 12.8. The summed E-state index contributed by atoms with van der Waals surface area (Å²) in [5.41, 5.74) is 3.52. The molecule has 0 bridgehead atoms. The number of amides is 2. The fourth-order valence-corrected chi connectivity index (χ4v) is 3.52. The van der Waals surface area contributed by atoms with E-state index in [1.165, 1.54) is 29.2 Å². The van der Waals surface area contributed by atoms with Gasteiger partial charge in [0.1, 0.15) is 0 Å². The number of rotatable bonds is 6. The maximum atomic E-state index is 12.8. The number of nitrogens with zero attached hydrogens (tertiary/aromatic N) is 2. The average Bonchev–Trinajstić information content (AvgIpc) is 3.10. The average molecular weight is 381 g/mol. The van der Waals surface area contributed by atoms with Gasteiger partial charge in [0, 0.05) is 36.5 Å². The van der Waals surface area contributed by atoms with E-state index in [-0.39, 0.29) is 30.5 Å². The molecule has 0 aromatic heterocycles. The summed E-state index contributed by atoms with van der Waals surface area (Å²) in [6.07, 6.45) is 1.74. The van der Waals surface area contributed by atoms with Crippen LogP contribution in [0.4, 0.5) is 17.1 Å². The van der Waals surface area contributed by atoms with E-state index < -0.39 is 10.8 Å². The highest BCUT2D eigenvalue weighted by Gasteiger charge is 2.35. The molecule has 2 aromatic carbocycles. The Kier molecular flexibility index (Phi) is 5.73. The van der Waals surface area contributed by atoms with Gasteiger partial charge in [-0.25, -0.2) is 0 Å². The molecule has 1 N–H and O–H groups in total. The molecule has 7 nitrogen and oxygen atoms in total. The summed E-state index contributed by atoms with van der Waals surface area (Å²) >= 11 is 0. The lowest BCUT2D eigenvalue weighted by Crippen LogP contribution is -2.28. The Balaban J connectivity index is 1.75. The quantitative estimate of drug-likeness (QED) is 0.610. The number of nitro groups is 1. The first-order valence-electron chi connectivity index (χ1n) is 9.41. The Labute approximate surface area is 163 Å². The number of carbonyl (C=O) groups is 2. The van der Waals surface area contributed by atoms with Gasteiger partial charge in [0.15, 0.2) is 0 Å². The molecule has 1 aliphatic heterocycles. The molecular weight excluding hydrogens is 358 g/mol. The van der Waals surface area contributed by atoms with Gasteiger partial charge in [-0.3, -0.25) is 19.7 Å². The van der Waals surface area contributed by atoms with Crippen molar-refractivity contribution in [3.05, 3.63) is 63.7 Å². The number of hydrogen-bond donors (Lipinski definition) is 1. The van der Waals surface area contributed by atoms with Crippen LogP contribution in [0.1, 0.15) is 31.4 Å². The standard InChI is InChI=1S/C21H23N3O4/c1-3-14-6-5-7-15(4-2)20(14)22-21(26)16-12-19(25)23(13-16)17-8-10-18(11-9-17)24(27)28/h5-11,16H,3-4,12-13H2,1-2H3,(H,22,26)/t16-/m1/s1. The molecule has 1 saturated heterocycles. The van der Waals surface area contributed by atoms with E-state index in [2.05, 4.69) is 5.32 Å². The highest BCUT2D eigenvalue weighted by molar-refractivity contribution is 6.04. The number of nitro benzene ring substituents is 1. The van der Waals surface area contributed by atoms with Crippen molar-refractivity contribution in [1.29, 1.82) is 0 Å². The summed E-state index contributed by atoms with van der Waals surface area (Å²) in [6.45, 7) is 4.35. The first kappa shape index (κ1) is 19.5. The molecule has 0 aliphatic carbocycles. The fraction of sp³-hybridized carbons (Fsp3) is 0.333. The van der Waals surface area contributed by atoms with Crippen LogP contribution in [0.2, 0.25) is 0 Å². The van der Waals surface area contributed by atoms with E-state index in [1.54, 1.807) is 0 Å². The summed E-state index contributed by atoms with van der Waals surface area (Å²) < 4.78 is 0. The molecule has 0 unspecified atom stereocenters. The van der Waals surface area contributed by atoms with Crippen molar-refractivity contribution in [2.75, 3.05) is 16.8 Å². The maximum Gasteiger partial charge on any atom is 0.269 e. The zero-order valence-corrected chi connectivity index (χ0v) is 16.0. The van der Waals surface area contributed by atoms with Crippen LogP contribution >= 0.6 is 0 Å². The second-order valence-corrected chi connectivity index (χ2v) is 6.83. The van der Waals surface area contributed by atoms with Crippen LogP contribution in [-0.2, 0) is 22.4 Å². The molecule has 2 amide bonds. The van der Waals surface area contributed by atoms with Gasteiger partial charge < -0.3 is 10.2 Å². The monoisotopic (exact) mass is 381 g/mol. The fourth-order valence-electron chi connectivity index (χ4n) is 3.52. The number of benzene rings is 2. The van der Waals surface area contributed by atoms with Gasteiger partial charge in [-0.1, -0.05) is 32.0 Å². The Morgan fingerprint density at radius 3 is 2.29 bits per heavy atom. The Morgan fingerprint density at radius 2 is 1.75 bits per heavy atom. The first-order chi connectivity index (χ1) is 13.4. The van der Waals surface area contributed by atoms with Gasteiger partial charge in [0.2, 0.25) is 11.8 Å². The zero-order chi connectivity index (χ0) is 20.3. The van der Waals surface area contributed by atoms with E-state index in [0.29, 0.717) is 5.69 Å². The molecule has 1 heterocycles. The van der Waals surface area contributed by atoms with E-state index in [0.717, 1.165) is 29.7 Å². The lowest BCUT2D eigenvalue weighted by Gasteiger charge is -2.18. The van der Waals surface area contributed by atoms with Crippen molar-refractivity contribution < 1.29 is 14.5 Å². The molecule has 1 atom stereocenters. The van der Waals surface area contributed by atoms with Crippen molar-refractivity contribution in [2.45, 2.75) is 33.1 Å². The normalized spacial score (nSPS) is 16.3. The number of anilines is 2. The van der Waals surface area contributed by atoms with Gasteiger partial charge >= 0.3 is 0 Å². The largest absolute Gasteiger partial charge is 0.325 e. The number of hydrogen-bond acceptors (Lipinski definition) is 4. The van der Waals surface area contributed by atoms with Crippen molar-refractivity contribution in [3.63, 3.8) is 0 Å². The Hall–Kier alpha value is -3.22. The third kappa shape index (κ3) is 3.88. The lowest BCUT2D eigenvalue weighted by molar-refractivity contribution is -0.384. The highest BCUT2D eigenvalue weighted by atomic mass is 16.6. The smallest absolute Gasteiger partial charge is 0.269 e. The SMILES string of the molecule is CCc1cccc(CC)c1NC(=O)[C@@H]1CC(=O)N(c2ccc([N+](=O)[O-])cc2)C1. The molecule has 0 saturated carbocycles. The molecule has 1 fully saturated rings. The summed E-state index contributed by atoms with van der Waals surface area (Å²) in [7, 11) is 0. The predicted octanol–water partition coefficient (Wildman–Crippen LogP) is 3.71. The van der Waals surface area contributed by atoms with Gasteiger partial charge in [-0.05, 0) is 36.1 Å². The summed E-state index contributed by atoms with van der Waals surface area (Å²) in [5.74, 6) is -0.792. The predicted molar refractivity (Wildman–Crippen MR) is 107 cm³/mol. The molecule has 146 valence electrons. The van der Waals surface area contributed by atoms with Crippen molar-refractivity contribution >= 4 is 28.9 Å². The van der Waals surface area contributed by atoms with Crippen molar-refractivity contribution in [2.24, 2.45) is 5.92 Å². The minimum atomic E-state index is -0.484. The molecule has 3 rings (SSSR count). The third-order valence-corrected chi connectivity index (χ3v) is 5.12. The van der Waals surface area contributed by atoms with Crippen LogP contribution in [0.3, 0.4) is 0 Å². The van der Waals surface area contributed by atoms with E-state index in [4.69, 9.17) is 0 Å². The van der Waals surface area contributed by atoms with Crippen molar-refractivity contribution in [3.8, 4) is 0 Å². The topological polar surface area (TPSA) is 92.6 Å². The van der Waals surface area contributed by atoms with Gasteiger partial charge in [-0.2, -0.15) is 0 Å². The Bertz CT molecular complexity index is 886. The van der Waals surface area contributed by atoms with Crippen LogP contribution in [0, 0.1) is 16.0 Å². The molecule has 0 radical (unpaired) electrons. The second kappa shape index (κ2) is 8.21. The van der Waals surface area contributed by atoms with Crippen LogP contribution < -0.4 is 10.2 Å². The van der Waals surface area contributed by atoms with Crippen LogP contribution in [0.5, 0.6) is 0 Å². The van der Waals surface area contributed by atoms with E-state index in [1.807, 2.05) is 32.0 Å².